The third-order valence-corrected chi connectivity index (χ3v) is 5.80. The van der Waals surface area contributed by atoms with Crippen molar-refractivity contribution in [3.8, 4) is 0 Å². The number of rotatable bonds is 5. The lowest BCUT2D eigenvalue weighted by Crippen LogP contribution is -2.24. The zero-order chi connectivity index (χ0) is 19.2. The van der Waals surface area contributed by atoms with Gasteiger partial charge >= 0.3 is 6.01 Å². The summed E-state index contributed by atoms with van der Waals surface area (Å²) in [5.74, 6) is -0.205. The van der Waals surface area contributed by atoms with Crippen LogP contribution in [-0.2, 0) is 19.4 Å². The van der Waals surface area contributed by atoms with E-state index in [2.05, 4.69) is 15.5 Å². The van der Waals surface area contributed by atoms with Gasteiger partial charge in [-0.1, -0.05) is 5.10 Å². The van der Waals surface area contributed by atoms with Gasteiger partial charge in [-0.05, 0) is 37.1 Å². The number of hydrogen-bond acceptors (Lipinski definition) is 7. The first-order valence-electron chi connectivity index (χ1n) is 8.56. The summed E-state index contributed by atoms with van der Waals surface area (Å²) in [4.78, 5) is 25.9. The van der Waals surface area contributed by atoms with Crippen LogP contribution in [0.25, 0.3) is 0 Å². The molecule has 2 aromatic rings. The number of anilines is 2. The summed E-state index contributed by atoms with van der Waals surface area (Å²) in [7, 11) is -3.29. The number of nitrogens with one attached hydrogen (secondary N) is 1. The summed E-state index contributed by atoms with van der Waals surface area (Å²) in [6, 6.07) is 6.20. The van der Waals surface area contributed by atoms with E-state index in [9.17, 15) is 18.0 Å². The van der Waals surface area contributed by atoms with Crippen LogP contribution in [0, 0.1) is 5.92 Å². The average Bonchev–Trinajstić information content (AvgIpc) is 3.26. The van der Waals surface area contributed by atoms with E-state index < -0.39 is 9.84 Å². The minimum absolute atomic E-state index is 0.0267. The van der Waals surface area contributed by atoms with Crippen molar-refractivity contribution in [3.63, 3.8) is 0 Å². The largest absolute Gasteiger partial charge is 0.407 e. The summed E-state index contributed by atoms with van der Waals surface area (Å²) < 4.78 is 28.6. The number of benzene rings is 1. The molecule has 4 rings (SSSR count). The van der Waals surface area contributed by atoms with Crippen LogP contribution in [0.3, 0.4) is 0 Å². The van der Waals surface area contributed by atoms with Crippen LogP contribution in [0.15, 0.2) is 33.6 Å². The van der Waals surface area contributed by atoms with Crippen LogP contribution in [0.2, 0.25) is 0 Å². The van der Waals surface area contributed by atoms with E-state index in [1.54, 1.807) is 17.0 Å². The molecule has 1 atom stereocenters. The van der Waals surface area contributed by atoms with Crippen molar-refractivity contribution in [1.82, 2.24) is 10.2 Å². The number of aromatic nitrogens is 2. The van der Waals surface area contributed by atoms with Gasteiger partial charge in [0.1, 0.15) is 0 Å². The number of carbonyl (C=O) groups excluding carboxylic acids is 2. The molecule has 9 nitrogen and oxygen atoms in total. The molecular weight excluding hydrogens is 372 g/mol. The van der Waals surface area contributed by atoms with Crippen molar-refractivity contribution in [2.75, 3.05) is 23.0 Å². The fourth-order valence-corrected chi connectivity index (χ4v) is 3.63. The Hall–Kier alpha value is -2.75. The highest BCUT2D eigenvalue weighted by Crippen LogP contribution is 2.33. The van der Waals surface area contributed by atoms with Crippen molar-refractivity contribution in [2.24, 2.45) is 5.92 Å². The van der Waals surface area contributed by atoms with E-state index in [1.165, 1.54) is 12.1 Å². The molecule has 1 aliphatic carbocycles. The Morgan fingerprint density at radius 1 is 1.22 bits per heavy atom. The molecule has 0 bridgehead atoms. The normalized spacial score (nSPS) is 20.1. The molecule has 27 heavy (non-hydrogen) atoms. The highest BCUT2D eigenvalue weighted by Gasteiger charge is 2.36. The van der Waals surface area contributed by atoms with Gasteiger partial charge in [-0.3, -0.25) is 14.9 Å². The van der Waals surface area contributed by atoms with Crippen LogP contribution in [0.5, 0.6) is 0 Å². The van der Waals surface area contributed by atoms with Crippen LogP contribution in [0.4, 0.5) is 11.7 Å². The van der Waals surface area contributed by atoms with E-state index in [4.69, 9.17) is 4.42 Å². The Labute approximate surface area is 155 Å². The Kier molecular flexibility index (Phi) is 4.22. The molecule has 2 amide bonds. The van der Waals surface area contributed by atoms with Crippen molar-refractivity contribution in [2.45, 2.75) is 30.1 Å². The van der Waals surface area contributed by atoms with Crippen LogP contribution in [0.1, 0.15) is 31.1 Å². The van der Waals surface area contributed by atoms with Crippen LogP contribution in [-0.4, -0.2) is 43.2 Å². The van der Waals surface area contributed by atoms with Gasteiger partial charge in [0.15, 0.2) is 9.84 Å². The SMILES string of the molecule is CS(=O)(=O)c1ccc(N2CC(c3nnc(NC(=O)C4CC4)o3)CC2=O)cc1. The lowest BCUT2D eigenvalue weighted by Gasteiger charge is -2.16. The summed E-state index contributed by atoms with van der Waals surface area (Å²) in [6.45, 7) is 0.343. The Balaban J connectivity index is 1.46. The van der Waals surface area contributed by atoms with Gasteiger partial charge < -0.3 is 9.32 Å². The molecule has 1 saturated heterocycles. The first-order chi connectivity index (χ1) is 12.8. The number of amides is 2. The minimum atomic E-state index is -3.29. The van der Waals surface area contributed by atoms with Crippen molar-refractivity contribution in [3.05, 3.63) is 30.2 Å². The topological polar surface area (TPSA) is 122 Å². The van der Waals surface area contributed by atoms with Crippen LogP contribution >= 0.6 is 0 Å². The lowest BCUT2D eigenvalue weighted by molar-refractivity contribution is -0.118. The summed E-state index contributed by atoms with van der Waals surface area (Å²) in [6.07, 6.45) is 3.08. The molecule has 0 spiro atoms. The number of nitrogens with zero attached hydrogens (tertiary/aromatic N) is 3. The molecule has 0 radical (unpaired) electrons. The molecular formula is C17H18N4O5S. The highest BCUT2D eigenvalue weighted by molar-refractivity contribution is 7.90. The molecule has 2 fully saturated rings. The Morgan fingerprint density at radius 2 is 1.93 bits per heavy atom. The van der Waals surface area contributed by atoms with E-state index >= 15 is 0 Å². The molecule has 1 saturated carbocycles. The molecule has 1 aromatic carbocycles. The summed E-state index contributed by atoms with van der Waals surface area (Å²) in [5.41, 5.74) is 0.608. The number of carbonyl (C=O) groups is 2. The molecule has 1 aliphatic heterocycles. The Morgan fingerprint density at radius 3 is 2.56 bits per heavy atom. The van der Waals surface area contributed by atoms with Gasteiger partial charge in [0.05, 0.1) is 10.8 Å². The fourth-order valence-electron chi connectivity index (χ4n) is 3.00. The fraction of sp³-hybridized carbons (Fsp3) is 0.412. The molecule has 142 valence electrons. The van der Waals surface area contributed by atoms with E-state index in [0.717, 1.165) is 19.1 Å². The monoisotopic (exact) mass is 390 g/mol. The maximum atomic E-state index is 12.4. The van der Waals surface area contributed by atoms with Gasteiger partial charge in [-0.15, -0.1) is 5.10 Å². The van der Waals surface area contributed by atoms with Crippen molar-refractivity contribution in [1.29, 1.82) is 0 Å². The predicted octanol–water partition coefficient (Wildman–Crippen LogP) is 1.34. The second-order valence-electron chi connectivity index (χ2n) is 6.88. The van der Waals surface area contributed by atoms with E-state index in [0.29, 0.717) is 18.1 Å². The molecule has 2 heterocycles. The molecule has 10 heteroatoms. The maximum absolute atomic E-state index is 12.4. The maximum Gasteiger partial charge on any atom is 0.322 e. The van der Waals surface area contributed by atoms with E-state index in [-0.39, 0.29) is 41.0 Å². The van der Waals surface area contributed by atoms with Crippen molar-refractivity contribution < 1.29 is 22.4 Å². The third-order valence-electron chi connectivity index (χ3n) is 4.67. The standard InChI is InChI=1S/C17H18N4O5S/c1-27(24,25)13-6-4-12(5-7-13)21-9-11(8-14(21)22)16-19-20-17(26-16)18-15(23)10-2-3-10/h4-7,10-11H,2-3,8-9H2,1H3,(H,18,20,23). The van der Waals surface area contributed by atoms with Gasteiger partial charge in [-0.2, -0.15) is 0 Å². The second kappa shape index (κ2) is 6.45. The van der Waals surface area contributed by atoms with Crippen molar-refractivity contribution >= 4 is 33.4 Å². The molecule has 2 aliphatic rings. The van der Waals surface area contributed by atoms with Gasteiger partial charge in [0, 0.05) is 30.8 Å². The quantitative estimate of drug-likeness (QED) is 0.817. The smallest absolute Gasteiger partial charge is 0.322 e. The Bertz CT molecular complexity index is 995. The van der Waals surface area contributed by atoms with Gasteiger partial charge in [0.2, 0.25) is 17.7 Å². The highest BCUT2D eigenvalue weighted by atomic mass is 32.2. The first-order valence-corrected chi connectivity index (χ1v) is 10.4. The van der Waals surface area contributed by atoms with Crippen LogP contribution < -0.4 is 10.2 Å². The zero-order valence-corrected chi connectivity index (χ0v) is 15.4. The first kappa shape index (κ1) is 17.7. The minimum Gasteiger partial charge on any atom is -0.407 e. The molecule has 1 unspecified atom stereocenters. The van der Waals surface area contributed by atoms with E-state index in [1.807, 2.05) is 0 Å². The zero-order valence-electron chi connectivity index (χ0n) is 14.6. The summed E-state index contributed by atoms with van der Waals surface area (Å²) >= 11 is 0. The second-order valence-corrected chi connectivity index (χ2v) is 8.90. The molecule has 1 N–H and O–H groups in total. The third kappa shape index (κ3) is 3.70. The number of hydrogen-bond donors (Lipinski definition) is 1. The van der Waals surface area contributed by atoms with Gasteiger partial charge in [-0.25, -0.2) is 8.42 Å². The van der Waals surface area contributed by atoms with Gasteiger partial charge in [0.25, 0.3) is 0 Å². The number of sulfone groups is 1. The predicted molar refractivity (Wildman–Crippen MR) is 94.9 cm³/mol. The average molecular weight is 390 g/mol. The molecule has 1 aromatic heterocycles. The summed E-state index contributed by atoms with van der Waals surface area (Å²) in [5, 5.41) is 10.4. The lowest BCUT2D eigenvalue weighted by atomic mass is 10.1.